The predicted octanol–water partition coefficient (Wildman–Crippen LogP) is -0.199. The van der Waals surface area contributed by atoms with Gasteiger partial charge in [-0.2, -0.15) is 0 Å². The van der Waals surface area contributed by atoms with Crippen LogP contribution in [0.5, 0.6) is 0 Å². The third-order valence-corrected chi connectivity index (χ3v) is 4.60. The van der Waals surface area contributed by atoms with Crippen molar-refractivity contribution in [3.63, 3.8) is 0 Å². The fraction of sp³-hybridized carbons (Fsp3) is 0.923. The van der Waals surface area contributed by atoms with Crippen LogP contribution in [0.3, 0.4) is 0 Å². The van der Waals surface area contributed by atoms with E-state index in [0.29, 0.717) is 25.7 Å². The molecule has 0 spiro atoms. The first-order chi connectivity index (χ1) is 8.69. The number of nitrogens with zero attached hydrogens (tertiary/aromatic N) is 2. The van der Waals surface area contributed by atoms with Gasteiger partial charge in [0.2, 0.25) is 5.91 Å². The Kier molecular flexibility index (Phi) is 3.30. The number of carbonyl (C=O) groups is 1. The lowest BCUT2D eigenvalue weighted by Crippen LogP contribution is -2.62. The zero-order valence-electron chi connectivity index (χ0n) is 10.9. The minimum atomic E-state index is -0.753. The molecule has 0 aliphatic carbocycles. The second kappa shape index (κ2) is 4.79. The number of amides is 1. The van der Waals surface area contributed by atoms with Gasteiger partial charge in [0.15, 0.2) is 0 Å². The Morgan fingerprint density at radius 1 is 1.28 bits per heavy atom. The number of hydrogen-bond acceptors (Lipinski definition) is 4. The molecule has 0 aromatic heterocycles. The van der Waals surface area contributed by atoms with Gasteiger partial charge in [0, 0.05) is 32.3 Å². The van der Waals surface area contributed by atoms with Crippen LogP contribution in [0.2, 0.25) is 0 Å². The molecule has 2 unspecified atom stereocenters. The number of ether oxygens (including phenoxy) is 1. The summed E-state index contributed by atoms with van der Waals surface area (Å²) in [6, 6.07) is 0.558. The van der Waals surface area contributed by atoms with Crippen LogP contribution in [0.1, 0.15) is 25.7 Å². The first kappa shape index (κ1) is 12.4. The highest BCUT2D eigenvalue weighted by Gasteiger charge is 2.43. The summed E-state index contributed by atoms with van der Waals surface area (Å²) in [4.78, 5) is 17.0. The summed E-state index contributed by atoms with van der Waals surface area (Å²) in [6.07, 6.45) is 4.48. The second-order valence-corrected chi connectivity index (χ2v) is 5.90. The van der Waals surface area contributed by atoms with E-state index in [-0.39, 0.29) is 5.91 Å². The van der Waals surface area contributed by atoms with Crippen LogP contribution in [0.4, 0.5) is 0 Å². The van der Waals surface area contributed by atoms with Crippen molar-refractivity contribution in [1.82, 2.24) is 9.80 Å². The number of fused-ring (bicyclic) bond motifs is 1. The normalized spacial score (nSPS) is 37.6. The molecule has 0 radical (unpaired) electrons. The molecule has 102 valence electrons. The summed E-state index contributed by atoms with van der Waals surface area (Å²) in [5, 5.41) is 0. The van der Waals surface area contributed by atoms with E-state index in [0.717, 1.165) is 19.6 Å². The maximum absolute atomic E-state index is 12.5. The molecule has 18 heavy (non-hydrogen) atoms. The molecule has 5 nitrogen and oxygen atoms in total. The lowest BCUT2D eigenvalue weighted by Gasteiger charge is -2.45. The van der Waals surface area contributed by atoms with Gasteiger partial charge >= 0.3 is 0 Å². The topological polar surface area (TPSA) is 58.8 Å². The molecule has 2 N–H and O–H groups in total. The summed E-state index contributed by atoms with van der Waals surface area (Å²) >= 11 is 0. The minimum Gasteiger partial charge on any atom is -0.379 e. The standard InChI is InChI=1S/C13H23N3O2/c14-13(4-8-18-10-13)12(17)16-7-6-15-5-2-1-3-11(15)9-16/h11H,1-10,14H2. The quantitative estimate of drug-likeness (QED) is 0.703. The van der Waals surface area contributed by atoms with E-state index >= 15 is 0 Å². The van der Waals surface area contributed by atoms with Gasteiger partial charge in [0.05, 0.1) is 6.61 Å². The van der Waals surface area contributed by atoms with Gasteiger partial charge < -0.3 is 15.4 Å². The molecular weight excluding hydrogens is 230 g/mol. The zero-order chi connectivity index (χ0) is 12.6. The Hall–Kier alpha value is -0.650. The lowest BCUT2D eigenvalue weighted by molar-refractivity contribution is -0.140. The third kappa shape index (κ3) is 2.15. The van der Waals surface area contributed by atoms with E-state index in [2.05, 4.69) is 4.90 Å². The summed E-state index contributed by atoms with van der Waals surface area (Å²) in [6.45, 7) is 4.89. The molecule has 0 aromatic carbocycles. The summed E-state index contributed by atoms with van der Waals surface area (Å²) < 4.78 is 5.30. The van der Waals surface area contributed by atoms with Crippen molar-refractivity contribution in [2.45, 2.75) is 37.3 Å². The molecule has 0 saturated carbocycles. The number of nitrogens with two attached hydrogens (primary N) is 1. The Morgan fingerprint density at radius 2 is 2.17 bits per heavy atom. The van der Waals surface area contributed by atoms with Crippen LogP contribution < -0.4 is 5.73 Å². The molecule has 3 heterocycles. The monoisotopic (exact) mass is 253 g/mol. The van der Waals surface area contributed by atoms with Gasteiger partial charge in [-0.1, -0.05) is 6.42 Å². The van der Waals surface area contributed by atoms with Crippen molar-refractivity contribution in [1.29, 1.82) is 0 Å². The minimum absolute atomic E-state index is 0.102. The number of piperidine rings is 1. The largest absolute Gasteiger partial charge is 0.379 e. The van der Waals surface area contributed by atoms with Gasteiger partial charge in [-0.3, -0.25) is 9.69 Å². The molecule has 2 atom stereocenters. The molecule has 3 saturated heterocycles. The van der Waals surface area contributed by atoms with Crippen molar-refractivity contribution in [3.8, 4) is 0 Å². The molecule has 3 fully saturated rings. The van der Waals surface area contributed by atoms with Crippen molar-refractivity contribution >= 4 is 5.91 Å². The molecule has 1 amide bonds. The van der Waals surface area contributed by atoms with Crippen molar-refractivity contribution in [2.75, 3.05) is 39.4 Å². The Balaban J connectivity index is 1.64. The highest BCUT2D eigenvalue weighted by atomic mass is 16.5. The fourth-order valence-corrected chi connectivity index (χ4v) is 3.40. The van der Waals surface area contributed by atoms with E-state index in [1.165, 1.54) is 25.8 Å². The van der Waals surface area contributed by atoms with E-state index < -0.39 is 5.54 Å². The average molecular weight is 253 g/mol. The SMILES string of the molecule is NC1(C(=O)N2CCN3CCCCC3C2)CCOC1. The van der Waals surface area contributed by atoms with Gasteiger partial charge in [-0.15, -0.1) is 0 Å². The van der Waals surface area contributed by atoms with Crippen molar-refractivity contribution in [3.05, 3.63) is 0 Å². The van der Waals surface area contributed by atoms with Crippen LogP contribution >= 0.6 is 0 Å². The van der Waals surface area contributed by atoms with Crippen molar-refractivity contribution in [2.24, 2.45) is 5.73 Å². The molecule has 5 heteroatoms. The third-order valence-electron chi connectivity index (χ3n) is 4.60. The number of rotatable bonds is 1. The number of carbonyl (C=O) groups excluding carboxylic acids is 1. The maximum Gasteiger partial charge on any atom is 0.245 e. The fourth-order valence-electron chi connectivity index (χ4n) is 3.40. The van der Waals surface area contributed by atoms with E-state index in [9.17, 15) is 4.79 Å². The molecule has 3 aliphatic rings. The van der Waals surface area contributed by atoms with E-state index in [1.807, 2.05) is 4.90 Å². The van der Waals surface area contributed by atoms with Gasteiger partial charge in [-0.25, -0.2) is 0 Å². The zero-order valence-corrected chi connectivity index (χ0v) is 10.9. The molecule has 0 aromatic rings. The summed E-state index contributed by atoms with van der Waals surface area (Å²) in [5.41, 5.74) is 5.42. The highest BCUT2D eigenvalue weighted by Crippen LogP contribution is 2.24. The van der Waals surface area contributed by atoms with Crippen LogP contribution in [-0.2, 0) is 9.53 Å². The summed E-state index contributed by atoms with van der Waals surface area (Å²) in [5.74, 6) is 0.102. The summed E-state index contributed by atoms with van der Waals surface area (Å²) in [7, 11) is 0. The van der Waals surface area contributed by atoms with Gasteiger partial charge in [0.25, 0.3) is 0 Å². The molecule has 3 aliphatic heterocycles. The second-order valence-electron chi connectivity index (χ2n) is 5.90. The smallest absolute Gasteiger partial charge is 0.245 e. The number of piperazine rings is 1. The number of hydrogen-bond donors (Lipinski definition) is 1. The van der Waals surface area contributed by atoms with E-state index in [4.69, 9.17) is 10.5 Å². The Labute approximate surface area is 108 Å². The molecule has 0 bridgehead atoms. The first-order valence-corrected chi connectivity index (χ1v) is 7.09. The van der Waals surface area contributed by atoms with Gasteiger partial charge in [0.1, 0.15) is 5.54 Å². The molecule has 3 rings (SSSR count). The first-order valence-electron chi connectivity index (χ1n) is 7.09. The van der Waals surface area contributed by atoms with Gasteiger partial charge in [-0.05, 0) is 25.8 Å². The average Bonchev–Trinajstić information content (AvgIpc) is 2.85. The lowest BCUT2D eigenvalue weighted by atomic mass is 9.95. The van der Waals surface area contributed by atoms with Crippen LogP contribution in [0.25, 0.3) is 0 Å². The van der Waals surface area contributed by atoms with Crippen molar-refractivity contribution < 1.29 is 9.53 Å². The predicted molar refractivity (Wildman–Crippen MR) is 68.1 cm³/mol. The van der Waals surface area contributed by atoms with Crippen LogP contribution in [-0.4, -0.2) is 66.7 Å². The Bertz CT molecular complexity index is 328. The molecular formula is C13H23N3O2. The maximum atomic E-state index is 12.5. The van der Waals surface area contributed by atoms with E-state index in [1.54, 1.807) is 0 Å². The van der Waals surface area contributed by atoms with Crippen LogP contribution in [0, 0.1) is 0 Å². The Morgan fingerprint density at radius 3 is 2.94 bits per heavy atom. The van der Waals surface area contributed by atoms with Crippen LogP contribution in [0.15, 0.2) is 0 Å². The highest BCUT2D eigenvalue weighted by molar-refractivity contribution is 5.86.